The highest BCUT2D eigenvalue weighted by molar-refractivity contribution is 7.86. The Labute approximate surface area is 70.5 Å². The van der Waals surface area contributed by atoms with Crippen molar-refractivity contribution in [2.75, 3.05) is 7.11 Å². The van der Waals surface area contributed by atoms with Crippen molar-refractivity contribution < 1.29 is 17.7 Å². The van der Waals surface area contributed by atoms with Gasteiger partial charge in [0.15, 0.2) is 0 Å². The van der Waals surface area contributed by atoms with E-state index in [2.05, 4.69) is 10.8 Å². The zero-order valence-electron chi connectivity index (χ0n) is 6.31. The van der Waals surface area contributed by atoms with Crippen LogP contribution in [-0.4, -0.2) is 20.1 Å². The summed E-state index contributed by atoms with van der Waals surface area (Å²) >= 11 is 0. The zero-order chi connectivity index (χ0) is 9.19. The molecule has 4 nitrogen and oxygen atoms in total. The molecule has 12 heavy (non-hydrogen) atoms. The Morgan fingerprint density at radius 2 is 2.25 bits per heavy atom. The molecule has 0 saturated carbocycles. The van der Waals surface area contributed by atoms with Gasteiger partial charge in [-0.2, -0.15) is 8.42 Å². The third-order valence-electron chi connectivity index (χ3n) is 1.26. The molecule has 0 aliphatic rings. The lowest BCUT2D eigenvalue weighted by Crippen LogP contribution is -2.00. The van der Waals surface area contributed by atoms with Gasteiger partial charge in [0.05, 0.1) is 7.11 Å². The molecule has 0 aromatic heterocycles. The maximum atomic E-state index is 10.7. The third kappa shape index (κ3) is 1.75. The fourth-order valence-corrected chi connectivity index (χ4v) is 1.40. The van der Waals surface area contributed by atoms with Crippen molar-refractivity contribution in [2.45, 2.75) is 4.90 Å². The summed E-state index contributed by atoms with van der Waals surface area (Å²) in [6.45, 7) is 0. The fourth-order valence-electron chi connectivity index (χ4n) is 0.769. The first-order chi connectivity index (χ1) is 5.55. The predicted octanol–water partition coefficient (Wildman–Crippen LogP) is 0.742. The molecule has 1 radical (unpaired) electrons. The monoisotopic (exact) mass is 187 g/mol. The molecule has 0 spiro atoms. The minimum atomic E-state index is -4.20. The van der Waals surface area contributed by atoms with E-state index in [1.807, 2.05) is 0 Å². The lowest BCUT2D eigenvalue weighted by atomic mass is 10.3. The van der Waals surface area contributed by atoms with Crippen molar-refractivity contribution in [2.24, 2.45) is 0 Å². The van der Waals surface area contributed by atoms with Gasteiger partial charge in [0, 0.05) is 6.07 Å². The van der Waals surface area contributed by atoms with Gasteiger partial charge in [-0.25, -0.2) is 0 Å². The first-order valence-corrected chi connectivity index (χ1v) is 4.52. The maximum absolute atomic E-state index is 10.7. The Hall–Kier alpha value is -1.07. The number of benzene rings is 1. The van der Waals surface area contributed by atoms with Crippen molar-refractivity contribution >= 4 is 10.1 Å². The van der Waals surface area contributed by atoms with Gasteiger partial charge in [-0.05, 0) is 6.07 Å². The summed E-state index contributed by atoms with van der Waals surface area (Å²) in [6, 6.07) is 6.72. The molecule has 1 rings (SSSR count). The molecule has 0 bridgehead atoms. The summed E-state index contributed by atoms with van der Waals surface area (Å²) in [5.41, 5.74) is 0. The maximum Gasteiger partial charge on any atom is 0.298 e. The highest BCUT2D eigenvalue weighted by atomic mass is 32.2. The van der Waals surface area contributed by atoms with E-state index in [-0.39, 0.29) is 10.6 Å². The highest BCUT2D eigenvalue weighted by Gasteiger charge is 2.14. The molecule has 1 N–H and O–H groups in total. The van der Waals surface area contributed by atoms with E-state index in [1.165, 1.54) is 25.3 Å². The van der Waals surface area contributed by atoms with Gasteiger partial charge in [0.2, 0.25) is 0 Å². The average molecular weight is 187 g/mol. The highest BCUT2D eigenvalue weighted by Crippen LogP contribution is 2.21. The summed E-state index contributed by atoms with van der Waals surface area (Å²) in [5, 5.41) is 0. The molecule has 1 aromatic carbocycles. The second kappa shape index (κ2) is 3.12. The van der Waals surface area contributed by atoms with Crippen LogP contribution in [0.1, 0.15) is 0 Å². The van der Waals surface area contributed by atoms with Crippen LogP contribution in [0.15, 0.2) is 23.1 Å². The molecule has 0 saturated heterocycles. The van der Waals surface area contributed by atoms with Crippen LogP contribution in [0.2, 0.25) is 0 Å². The van der Waals surface area contributed by atoms with Gasteiger partial charge in [-0.1, -0.05) is 12.1 Å². The van der Waals surface area contributed by atoms with Crippen LogP contribution in [0, 0.1) is 6.07 Å². The number of methoxy groups -OCH3 is 1. The van der Waals surface area contributed by atoms with E-state index in [0.29, 0.717) is 0 Å². The normalized spacial score (nSPS) is 11.2. The molecule has 0 amide bonds. The van der Waals surface area contributed by atoms with E-state index in [9.17, 15) is 8.42 Å². The van der Waals surface area contributed by atoms with Gasteiger partial charge in [0.25, 0.3) is 10.1 Å². The Bertz CT molecular complexity index is 369. The van der Waals surface area contributed by atoms with Gasteiger partial charge in [-0.15, -0.1) is 0 Å². The number of rotatable bonds is 2. The topological polar surface area (TPSA) is 63.6 Å². The van der Waals surface area contributed by atoms with Crippen molar-refractivity contribution in [3.8, 4) is 5.75 Å². The molecule has 0 aliphatic heterocycles. The van der Waals surface area contributed by atoms with Crippen LogP contribution in [0.4, 0.5) is 0 Å². The molecular formula is C7H7O4S. The quantitative estimate of drug-likeness (QED) is 0.693. The Morgan fingerprint density at radius 3 is 2.67 bits per heavy atom. The van der Waals surface area contributed by atoms with Crippen molar-refractivity contribution in [3.63, 3.8) is 0 Å². The van der Waals surface area contributed by atoms with Crippen LogP contribution in [0.5, 0.6) is 5.75 Å². The number of hydrogen-bond donors (Lipinski definition) is 1. The minimum absolute atomic E-state index is 0.0139. The molecule has 0 atom stereocenters. The van der Waals surface area contributed by atoms with Gasteiger partial charge >= 0.3 is 0 Å². The Kier molecular flexibility index (Phi) is 2.35. The fraction of sp³-hybridized carbons (Fsp3) is 0.143. The van der Waals surface area contributed by atoms with Crippen molar-refractivity contribution in [1.82, 2.24) is 0 Å². The zero-order valence-corrected chi connectivity index (χ0v) is 7.13. The predicted molar refractivity (Wildman–Crippen MR) is 41.6 cm³/mol. The SMILES string of the molecule is COc1[c]cccc1S(=O)(=O)O. The smallest absolute Gasteiger partial charge is 0.298 e. The summed E-state index contributed by atoms with van der Waals surface area (Å²) in [5.74, 6) is 0.0139. The van der Waals surface area contributed by atoms with Crippen molar-refractivity contribution in [3.05, 3.63) is 24.3 Å². The molecule has 0 fully saturated rings. The second-order valence-electron chi connectivity index (χ2n) is 2.04. The second-order valence-corrected chi connectivity index (χ2v) is 3.43. The van der Waals surface area contributed by atoms with E-state index in [4.69, 9.17) is 4.55 Å². The third-order valence-corrected chi connectivity index (χ3v) is 2.14. The number of ether oxygens (including phenoxy) is 1. The summed E-state index contributed by atoms with van der Waals surface area (Å²) in [7, 11) is -2.90. The van der Waals surface area contributed by atoms with Crippen LogP contribution in [-0.2, 0) is 10.1 Å². The molecule has 5 heteroatoms. The van der Waals surface area contributed by atoms with E-state index >= 15 is 0 Å². The summed E-state index contributed by atoms with van der Waals surface area (Å²) in [4.78, 5) is -0.271. The van der Waals surface area contributed by atoms with Crippen LogP contribution in [0.25, 0.3) is 0 Å². The summed E-state index contributed by atoms with van der Waals surface area (Å²) in [6.07, 6.45) is 0. The molecular weight excluding hydrogens is 180 g/mol. The van der Waals surface area contributed by atoms with E-state index in [1.54, 1.807) is 0 Å². The first kappa shape index (κ1) is 9.02. The molecule has 65 valence electrons. The average Bonchev–Trinajstić information content (AvgIpc) is 2.03. The first-order valence-electron chi connectivity index (χ1n) is 3.08. The largest absolute Gasteiger partial charge is 0.495 e. The minimum Gasteiger partial charge on any atom is -0.495 e. The number of para-hydroxylation sites is 1. The van der Waals surface area contributed by atoms with Crippen LogP contribution in [0.3, 0.4) is 0 Å². The Balaban J connectivity index is 3.33. The molecule has 0 unspecified atom stereocenters. The van der Waals surface area contributed by atoms with Crippen LogP contribution >= 0.6 is 0 Å². The standard InChI is InChI=1S/C7H7O4S/c1-11-6-4-2-3-5-7(6)12(8,9)10/h2-3,5H,1H3,(H,8,9,10). The number of hydrogen-bond acceptors (Lipinski definition) is 3. The lowest BCUT2D eigenvalue weighted by Gasteiger charge is -2.02. The summed E-state index contributed by atoms with van der Waals surface area (Å²) < 4.78 is 34.7. The van der Waals surface area contributed by atoms with Gasteiger partial charge in [0.1, 0.15) is 10.6 Å². The molecule has 0 aliphatic carbocycles. The van der Waals surface area contributed by atoms with Gasteiger partial charge in [-0.3, -0.25) is 4.55 Å². The Morgan fingerprint density at radius 1 is 1.58 bits per heavy atom. The van der Waals surface area contributed by atoms with E-state index < -0.39 is 10.1 Å². The van der Waals surface area contributed by atoms with Crippen LogP contribution < -0.4 is 4.74 Å². The van der Waals surface area contributed by atoms with Crippen molar-refractivity contribution in [1.29, 1.82) is 0 Å². The van der Waals surface area contributed by atoms with Gasteiger partial charge < -0.3 is 4.74 Å². The molecule has 0 heterocycles. The van der Waals surface area contributed by atoms with E-state index in [0.717, 1.165) is 0 Å². The lowest BCUT2D eigenvalue weighted by molar-refractivity contribution is 0.396. The molecule has 1 aromatic rings.